The number of benzene rings is 1. The van der Waals surface area contributed by atoms with Gasteiger partial charge >= 0.3 is 5.97 Å². The molecule has 0 saturated carbocycles. The van der Waals surface area contributed by atoms with Crippen LogP contribution in [0.1, 0.15) is 22.1 Å². The van der Waals surface area contributed by atoms with Gasteiger partial charge < -0.3 is 14.4 Å². The van der Waals surface area contributed by atoms with Gasteiger partial charge in [0.1, 0.15) is 5.75 Å². The number of aryl methyl sites for hydroxylation is 1. The number of carboxylic acid groups (broad SMARTS) is 1. The number of nitrogens with zero attached hydrogens (tertiary/aromatic N) is 2. The number of ether oxygens (including phenoxy) is 1. The molecule has 0 bridgehead atoms. The molecule has 1 N–H and O–H groups in total. The van der Waals surface area contributed by atoms with E-state index in [-0.39, 0.29) is 12.2 Å². The molecule has 17 heavy (non-hydrogen) atoms. The predicted molar refractivity (Wildman–Crippen MR) is 56.8 cm³/mol. The van der Waals surface area contributed by atoms with E-state index in [1.165, 1.54) is 12.1 Å². The van der Waals surface area contributed by atoms with Crippen molar-refractivity contribution in [3.8, 4) is 5.75 Å². The second kappa shape index (κ2) is 4.65. The van der Waals surface area contributed by atoms with Crippen LogP contribution in [-0.4, -0.2) is 21.2 Å². The summed E-state index contributed by atoms with van der Waals surface area (Å²) in [5.41, 5.74) is 0.171. The Morgan fingerprint density at radius 3 is 3.00 bits per heavy atom. The molecule has 0 spiro atoms. The zero-order chi connectivity index (χ0) is 12.3. The highest BCUT2D eigenvalue weighted by Gasteiger charge is 2.06. The number of carbonyl (C=O) groups is 1. The van der Waals surface area contributed by atoms with Gasteiger partial charge in [-0.1, -0.05) is 11.2 Å². The topological polar surface area (TPSA) is 85.5 Å². The molecule has 0 aliphatic carbocycles. The van der Waals surface area contributed by atoms with E-state index >= 15 is 0 Å². The second-order valence-corrected chi connectivity index (χ2v) is 3.36. The lowest BCUT2D eigenvalue weighted by molar-refractivity contribution is 0.0696. The molecule has 2 aromatic rings. The molecule has 1 aromatic heterocycles. The number of aromatic carboxylic acids is 1. The normalized spacial score (nSPS) is 10.2. The Bertz CT molecular complexity index is 536. The summed E-state index contributed by atoms with van der Waals surface area (Å²) in [5.74, 6) is 0.330. The predicted octanol–water partition coefficient (Wildman–Crippen LogP) is 1.66. The zero-order valence-electron chi connectivity index (χ0n) is 9.08. The molecule has 6 heteroatoms. The van der Waals surface area contributed by atoms with E-state index in [0.29, 0.717) is 17.5 Å². The first kappa shape index (κ1) is 11.1. The first-order valence-electron chi connectivity index (χ1n) is 4.90. The van der Waals surface area contributed by atoms with Crippen molar-refractivity contribution in [2.45, 2.75) is 13.5 Å². The van der Waals surface area contributed by atoms with Gasteiger partial charge in [0.2, 0.25) is 0 Å². The van der Waals surface area contributed by atoms with Crippen LogP contribution in [0.5, 0.6) is 5.75 Å². The Balaban J connectivity index is 2.04. The van der Waals surface area contributed by atoms with E-state index in [2.05, 4.69) is 10.1 Å². The molecule has 0 aliphatic rings. The van der Waals surface area contributed by atoms with Gasteiger partial charge in [0.15, 0.2) is 12.4 Å². The molecule has 2 rings (SSSR count). The molecule has 1 aromatic carbocycles. The lowest BCUT2D eigenvalue weighted by atomic mass is 10.2. The summed E-state index contributed by atoms with van der Waals surface area (Å²) in [7, 11) is 0. The van der Waals surface area contributed by atoms with Crippen LogP contribution >= 0.6 is 0 Å². The van der Waals surface area contributed by atoms with E-state index in [1.807, 2.05) is 0 Å². The van der Waals surface area contributed by atoms with Gasteiger partial charge in [-0.3, -0.25) is 0 Å². The quantitative estimate of drug-likeness (QED) is 0.865. The van der Waals surface area contributed by atoms with Crippen molar-refractivity contribution >= 4 is 5.97 Å². The molecule has 0 saturated heterocycles. The smallest absolute Gasteiger partial charge is 0.335 e. The summed E-state index contributed by atoms with van der Waals surface area (Å²) in [4.78, 5) is 14.7. The number of carboxylic acids is 1. The molecule has 0 unspecified atom stereocenters. The minimum Gasteiger partial charge on any atom is -0.484 e. The van der Waals surface area contributed by atoms with Crippen molar-refractivity contribution in [1.82, 2.24) is 10.1 Å². The molecule has 0 fully saturated rings. The first-order chi connectivity index (χ1) is 8.15. The number of aromatic nitrogens is 2. The third-order valence-corrected chi connectivity index (χ3v) is 2.01. The number of hydrogen-bond donors (Lipinski definition) is 1. The third-order valence-electron chi connectivity index (χ3n) is 2.01. The lowest BCUT2D eigenvalue weighted by Gasteiger charge is -2.03. The molecule has 1 heterocycles. The van der Waals surface area contributed by atoms with Crippen molar-refractivity contribution in [1.29, 1.82) is 0 Å². The molecule has 0 radical (unpaired) electrons. The van der Waals surface area contributed by atoms with E-state index < -0.39 is 5.97 Å². The van der Waals surface area contributed by atoms with Gasteiger partial charge in [-0.25, -0.2) is 4.79 Å². The monoisotopic (exact) mass is 234 g/mol. The Hall–Kier alpha value is -2.37. The van der Waals surface area contributed by atoms with Crippen LogP contribution in [0.15, 0.2) is 28.8 Å². The number of hydrogen-bond acceptors (Lipinski definition) is 5. The van der Waals surface area contributed by atoms with Crippen LogP contribution in [0.25, 0.3) is 0 Å². The fourth-order valence-corrected chi connectivity index (χ4v) is 1.26. The molecule has 88 valence electrons. The van der Waals surface area contributed by atoms with E-state index in [4.69, 9.17) is 14.4 Å². The Morgan fingerprint density at radius 1 is 1.53 bits per heavy atom. The maximum Gasteiger partial charge on any atom is 0.335 e. The summed E-state index contributed by atoms with van der Waals surface area (Å²) in [6, 6.07) is 6.20. The van der Waals surface area contributed by atoms with E-state index in [1.54, 1.807) is 19.1 Å². The van der Waals surface area contributed by atoms with Crippen molar-refractivity contribution < 1.29 is 19.2 Å². The standard InChI is InChI=1S/C11H10N2O4/c1-7-12-10(17-13-7)6-16-9-4-2-3-8(5-9)11(14)15/h2-5H,6H2,1H3,(H,14,15). The van der Waals surface area contributed by atoms with Gasteiger partial charge in [0.25, 0.3) is 5.89 Å². The summed E-state index contributed by atoms with van der Waals surface area (Å²) in [6.07, 6.45) is 0. The van der Waals surface area contributed by atoms with Gasteiger partial charge in [0, 0.05) is 0 Å². The van der Waals surface area contributed by atoms with Crippen molar-refractivity contribution in [3.05, 3.63) is 41.5 Å². The molecule has 6 nitrogen and oxygen atoms in total. The average Bonchev–Trinajstić information content (AvgIpc) is 2.73. The van der Waals surface area contributed by atoms with E-state index in [0.717, 1.165) is 0 Å². The molecule has 0 amide bonds. The lowest BCUT2D eigenvalue weighted by Crippen LogP contribution is -1.99. The van der Waals surface area contributed by atoms with Crippen molar-refractivity contribution in [2.75, 3.05) is 0 Å². The van der Waals surface area contributed by atoms with Crippen LogP contribution in [-0.2, 0) is 6.61 Å². The molecular weight excluding hydrogens is 224 g/mol. The van der Waals surface area contributed by atoms with Gasteiger partial charge in [-0.05, 0) is 25.1 Å². The minimum absolute atomic E-state index is 0.115. The first-order valence-corrected chi connectivity index (χ1v) is 4.90. The maximum atomic E-state index is 10.7. The number of rotatable bonds is 4. The van der Waals surface area contributed by atoms with Crippen molar-refractivity contribution in [2.24, 2.45) is 0 Å². The highest BCUT2D eigenvalue weighted by Crippen LogP contribution is 2.14. The zero-order valence-corrected chi connectivity index (χ0v) is 9.08. The SMILES string of the molecule is Cc1noc(COc2cccc(C(=O)O)c2)n1. The fraction of sp³-hybridized carbons (Fsp3) is 0.182. The fourth-order valence-electron chi connectivity index (χ4n) is 1.26. The molecule has 0 aliphatic heterocycles. The Kier molecular flexibility index (Phi) is 3.04. The van der Waals surface area contributed by atoms with Gasteiger partial charge in [0.05, 0.1) is 5.56 Å². The average molecular weight is 234 g/mol. The second-order valence-electron chi connectivity index (χ2n) is 3.36. The highest BCUT2D eigenvalue weighted by atomic mass is 16.5. The van der Waals surface area contributed by atoms with E-state index in [9.17, 15) is 4.79 Å². The van der Waals surface area contributed by atoms with Crippen LogP contribution < -0.4 is 4.74 Å². The maximum absolute atomic E-state index is 10.7. The largest absolute Gasteiger partial charge is 0.484 e. The van der Waals surface area contributed by atoms with Crippen LogP contribution in [0.3, 0.4) is 0 Å². The molecular formula is C11H10N2O4. The van der Waals surface area contributed by atoms with Gasteiger partial charge in [-0.15, -0.1) is 0 Å². The summed E-state index contributed by atoms with van der Waals surface area (Å²) >= 11 is 0. The summed E-state index contributed by atoms with van der Waals surface area (Å²) < 4.78 is 10.2. The van der Waals surface area contributed by atoms with Crippen LogP contribution in [0.2, 0.25) is 0 Å². The Morgan fingerprint density at radius 2 is 2.35 bits per heavy atom. The molecule has 0 atom stereocenters. The third kappa shape index (κ3) is 2.81. The van der Waals surface area contributed by atoms with Crippen LogP contribution in [0, 0.1) is 6.92 Å². The van der Waals surface area contributed by atoms with Gasteiger partial charge in [-0.2, -0.15) is 4.98 Å². The summed E-state index contributed by atoms with van der Waals surface area (Å²) in [5, 5.41) is 12.4. The minimum atomic E-state index is -0.996. The Labute approximate surface area is 96.8 Å². The van der Waals surface area contributed by atoms with Crippen molar-refractivity contribution in [3.63, 3.8) is 0 Å². The summed E-state index contributed by atoms with van der Waals surface area (Å²) in [6.45, 7) is 1.82. The highest BCUT2D eigenvalue weighted by molar-refractivity contribution is 5.87. The van der Waals surface area contributed by atoms with Crippen LogP contribution in [0.4, 0.5) is 0 Å².